The number of hydrogen-bond acceptors (Lipinski definition) is 6. The van der Waals surface area contributed by atoms with E-state index in [2.05, 4.69) is 9.97 Å². The van der Waals surface area contributed by atoms with Crippen molar-refractivity contribution in [3.05, 3.63) is 16.4 Å². The highest BCUT2D eigenvalue weighted by molar-refractivity contribution is 5.68. The highest BCUT2D eigenvalue weighted by atomic mass is 16.6. The number of nitrogens with zero attached hydrogens (tertiary/aromatic N) is 4. The first-order valence-corrected chi connectivity index (χ1v) is 5.00. The average Bonchev–Trinajstić information content (AvgIpc) is 2.17. The van der Waals surface area contributed by atoms with Crippen LogP contribution in [0.4, 0.5) is 17.3 Å². The number of nitro groups is 1. The third-order valence-electron chi connectivity index (χ3n) is 2.25. The summed E-state index contributed by atoms with van der Waals surface area (Å²) in [5.74, 6) is 0.170. The van der Waals surface area contributed by atoms with E-state index in [4.69, 9.17) is 5.73 Å². The van der Waals surface area contributed by atoms with E-state index in [-0.39, 0.29) is 23.4 Å². The summed E-state index contributed by atoms with van der Waals surface area (Å²) in [5.41, 5.74) is 5.27. The second-order valence-electron chi connectivity index (χ2n) is 3.57. The van der Waals surface area contributed by atoms with E-state index in [1.54, 1.807) is 4.90 Å². The SMILES string of the molecule is CCN(c1ncnc(N)c1[N+](=O)[O-])C(C)C. The molecular weight excluding hydrogens is 210 g/mol. The zero-order chi connectivity index (χ0) is 12.3. The third kappa shape index (κ3) is 2.18. The Kier molecular flexibility index (Phi) is 3.60. The van der Waals surface area contributed by atoms with Gasteiger partial charge in [0.25, 0.3) is 0 Å². The van der Waals surface area contributed by atoms with Gasteiger partial charge in [-0.15, -0.1) is 0 Å². The summed E-state index contributed by atoms with van der Waals surface area (Å²) in [6, 6.07) is 0.109. The third-order valence-corrected chi connectivity index (χ3v) is 2.25. The molecule has 0 aliphatic heterocycles. The fourth-order valence-corrected chi connectivity index (χ4v) is 1.53. The Morgan fingerprint density at radius 1 is 1.56 bits per heavy atom. The van der Waals surface area contributed by atoms with Crippen molar-refractivity contribution in [2.24, 2.45) is 0 Å². The zero-order valence-corrected chi connectivity index (χ0v) is 9.54. The average molecular weight is 225 g/mol. The minimum atomic E-state index is -0.546. The summed E-state index contributed by atoms with van der Waals surface area (Å²) in [5, 5.41) is 10.9. The van der Waals surface area contributed by atoms with Gasteiger partial charge < -0.3 is 10.6 Å². The number of nitrogens with two attached hydrogens (primary N) is 1. The number of aromatic nitrogens is 2. The molecule has 0 radical (unpaired) electrons. The van der Waals surface area contributed by atoms with Crippen LogP contribution < -0.4 is 10.6 Å². The first kappa shape index (κ1) is 12.2. The molecule has 0 saturated heterocycles. The second kappa shape index (κ2) is 4.73. The maximum atomic E-state index is 10.9. The molecule has 0 fully saturated rings. The summed E-state index contributed by atoms with van der Waals surface area (Å²) >= 11 is 0. The lowest BCUT2D eigenvalue weighted by molar-refractivity contribution is -0.383. The molecule has 7 nitrogen and oxygen atoms in total. The van der Waals surface area contributed by atoms with E-state index in [1.807, 2.05) is 20.8 Å². The van der Waals surface area contributed by atoms with Crippen LogP contribution in [0.1, 0.15) is 20.8 Å². The molecule has 1 aromatic heterocycles. The summed E-state index contributed by atoms with van der Waals surface area (Å²) in [7, 11) is 0. The van der Waals surface area contributed by atoms with Gasteiger partial charge in [-0.2, -0.15) is 0 Å². The largest absolute Gasteiger partial charge is 0.378 e. The van der Waals surface area contributed by atoms with Crippen molar-refractivity contribution < 1.29 is 4.92 Å². The first-order valence-electron chi connectivity index (χ1n) is 5.00. The highest BCUT2D eigenvalue weighted by Crippen LogP contribution is 2.30. The van der Waals surface area contributed by atoms with Crippen molar-refractivity contribution in [2.75, 3.05) is 17.2 Å². The van der Waals surface area contributed by atoms with Gasteiger partial charge >= 0.3 is 5.69 Å². The van der Waals surface area contributed by atoms with E-state index in [1.165, 1.54) is 6.33 Å². The topological polar surface area (TPSA) is 98.2 Å². The van der Waals surface area contributed by atoms with Crippen LogP contribution >= 0.6 is 0 Å². The van der Waals surface area contributed by atoms with Crippen LogP contribution in [-0.4, -0.2) is 27.5 Å². The summed E-state index contributed by atoms with van der Waals surface area (Å²) in [6.45, 7) is 6.40. The van der Waals surface area contributed by atoms with Crippen LogP contribution in [0.3, 0.4) is 0 Å². The Hall–Kier alpha value is -1.92. The smallest absolute Gasteiger partial charge is 0.353 e. The van der Waals surface area contributed by atoms with E-state index < -0.39 is 4.92 Å². The molecule has 0 atom stereocenters. The quantitative estimate of drug-likeness (QED) is 0.610. The van der Waals surface area contributed by atoms with Crippen molar-refractivity contribution >= 4 is 17.3 Å². The summed E-state index contributed by atoms with van der Waals surface area (Å²) < 4.78 is 0. The first-order chi connectivity index (χ1) is 7.49. The van der Waals surface area contributed by atoms with Crippen molar-refractivity contribution in [3.8, 4) is 0 Å². The van der Waals surface area contributed by atoms with Gasteiger partial charge in [-0.05, 0) is 20.8 Å². The Balaban J connectivity index is 3.31. The fraction of sp³-hybridized carbons (Fsp3) is 0.556. The Bertz CT molecular complexity index is 393. The van der Waals surface area contributed by atoms with Crippen molar-refractivity contribution in [3.63, 3.8) is 0 Å². The molecule has 1 heterocycles. The maximum absolute atomic E-state index is 10.9. The predicted molar refractivity (Wildman–Crippen MR) is 61.3 cm³/mol. The monoisotopic (exact) mass is 225 g/mol. The second-order valence-corrected chi connectivity index (χ2v) is 3.57. The van der Waals surface area contributed by atoms with Gasteiger partial charge in [0, 0.05) is 12.6 Å². The highest BCUT2D eigenvalue weighted by Gasteiger charge is 2.25. The molecule has 2 N–H and O–H groups in total. The van der Waals surface area contributed by atoms with E-state index in [0.29, 0.717) is 6.54 Å². The molecule has 0 aliphatic carbocycles. The predicted octanol–water partition coefficient (Wildman–Crippen LogP) is 1.20. The van der Waals surface area contributed by atoms with Gasteiger partial charge in [-0.1, -0.05) is 0 Å². The molecule has 0 bridgehead atoms. The van der Waals surface area contributed by atoms with Gasteiger partial charge in [-0.25, -0.2) is 9.97 Å². The summed E-state index contributed by atoms with van der Waals surface area (Å²) in [6.07, 6.45) is 1.24. The molecular formula is C9H15N5O2. The van der Waals surface area contributed by atoms with E-state index in [9.17, 15) is 10.1 Å². The maximum Gasteiger partial charge on any atom is 0.353 e. The van der Waals surface area contributed by atoms with E-state index in [0.717, 1.165) is 0 Å². The fourth-order valence-electron chi connectivity index (χ4n) is 1.53. The van der Waals surface area contributed by atoms with Crippen LogP contribution in [-0.2, 0) is 0 Å². The lowest BCUT2D eigenvalue weighted by Crippen LogP contribution is -2.32. The molecule has 88 valence electrons. The van der Waals surface area contributed by atoms with Crippen molar-refractivity contribution in [1.82, 2.24) is 9.97 Å². The number of rotatable bonds is 4. The normalized spacial score (nSPS) is 10.5. The molecule has 0 aliphatic rings. The molecule has 0 aromatic carbocycles. The molecule has 7 heteroatoms. The van der Waals surface area contributed by atoms with Crippen molar-refractivity contribution in [1.29, 1.82) is 0 Å². The zero-order valence-electron chi connectivity index (χ0n) is 9.54. The molecule has 0 unspecified atom stereocenters. The summed E-state index contributed by atoms with van der Waals surface area (Å²) in [4.78, 5) is 19.7. The van der Waals surface area contributed by atoms with Gasteiger partial charge in [-0.3, -0.25) is 10.1 Å². The number of hydrogen-bond donors (Lipinski definition) is 1. The molecule has 1 rings (SSSR count). The molecule has 1 aromatic rings. The van der Waals surface area contributed by atoms with E-state index >= 15 is 0 Å². The van der Waals surface area contributed by atoms with Crippen LogP contribution in [0, 0.1) is 10.1 Å². The standard InChI is InChI=1S/C9H15N5O2/c1-4-13(6(2)3)9-7(14(15)16)8(10)11-5-12-9/h5-6H,4H2,1-3H3,(H2,10,11,12). The molecule has 0 saturated carbocycles. The van der Waals surface area contributed by atoms with Crippen LogP contribution in [0.2, 0.25) is 0 Å². The van der Waals surface area contributed by atoms with Gasteiger partial charge in [0.1, 0.15) is 6.33 Å². The number of nitrogen functional groups attached to an aromatic ring is 1. The minimum Gasteiger partial charge on any atom is -0.378 e. The molecule has 0 spiro atoms. The number of anilines is 2. The van der Waals surface area contributed by atoms with Gasteiger partial charge in [0.15, 0.2) is 0 Å². The minimum absolute atomic E-state index is 0.103. The Labute approximate surface area is 93.4 Å². The molecule has 16 heavy (non-hydrogen) atoms. The van der Waals surface area contributed by atoms with Crippen LogP contribution in [0.15, 0.2) is 6.33 Å². The Morgan fingerprint density at radius 2 is 2.19 bits per heavy atom. The molecule has 0 amide bonds. The lowest BCUT2D eigenvalue weighted by Gasteiger charge is -2.25. The lowest BCUT2D eigenvalue weighted by atomic mass is 10.3. The Morgan fingerprint density at radius 3 is 2.62 bits per heavy atom. The van der Waals surface area contributed by atoms with Crippen LogP contribution in [0.5, 0.6) is 0 Å². The van der Waals surface area contributed by atoms with Crippen molar-refractivity contribution in [2.45, 2.75) is 26.8 Å². The van der Waals surface area contributed by atoms with Gasteiger partial charge in [0.05, 0.1) is 4.92 Å². The van der Waals surface area contributed by atoms with Crippen LogP contribution in [0.25, 0.3) is 0 Å². The van der Waals surface area contributed by atoms with Gasteiger partial charge in [0.2, 0.25) is 11.6 Å².